The highest BCUT2D eigenvalue weighted by Crippen LogP contribution is 2.34. The number of benzene rings is 1. The summed E-state index contributed by atoms with van der Waals surface area (Å²) in [5, 5.41) is 16.1. The Bertz CT molecular complexity index is 754. The van der Waals surface area contributed by atoms with Crippen LogP contribution in [0.1, 0.15) is 45.9 Å². The van der Waals surface area contributed by atoms with E-state index in [9.17, 15) is 9.59 Å². The minimum absolute atomic E-state index is 0.0721. The Labute approximate surface area is 145 Å². The van der Waals surface area contributed by atoms with Gasteiger partial charge in [-0.3, -0.25) is 9.48 Å². The average Bonchev–Trinajstić information content (AvgIpc) is 3.27. The summed E-state index contributed by atoms with van der Waals surface area (Å²) in [7, 11) is 0. The summed E-state index contributed by atoms with van der Waals surface area (Å²) in [4.78, 5) is 23.1. The molecule has 7 nitrogen and oxygen atoms in total. The number of carbonyl (C=O) groups excluding carboxylic acids is 1. The Morgan fingerprint density at radius 3 is 2.68 bits per heavy atom. The molecule has 1 saturated heterocycles. The lowest BCUT2D eigenvalue weighted by Gasteiger charge is -2.20. The molecule has 2 atom stereocenters. The topological polar surface area (TPSA) is 93.5 Å². The van der Waals surface area contributed by atoms with Crippen LogP contribution in [0.4, 0.5) is 0 Å². The van der Waals surface area contributed by atoms with E-state index in [0.717, 1.165) is 18.7 Å². The van der Waals surface area contributed by atoms with Crippen molar-refractivity contribution < 1.29 is 19.4 Å². The van der Waals surface area contributed by atoms with Crippen LogP contribution in [0.15, 0.2) is 36.5 Å². The molecule has 1 aromatic carbocycles. The number of rotatable bonds is 6. The van der Waals surface area contributed by atoms with Gasteiger partial charge in [0.15, 0.2) is 0 Å². The number of carbonyl (C=O) groups is 2. The number of hydrogen-bond acceptors (Lipinski definition) is 4. The van der Waals surface area contributed by atoms with E-state index < -0.39 is 5.97 Å². The van der Waals surface area contributed by atoms with Gasteiger partial charge in [0, 0.05) is 37.4 Å². The van der Waals surface area contributed by atoms with E-state index >= 15 is 0 Å². The second-order valence-corrected chi connectivity index (χ2v) is 6.00. The predicted molar refractivity (Wildman–Crippen MR) is 90.4 cm³/mol. The largest absolute Gasteiger partial charge is 0.478 e. The first-order chi connectivity index (χ1) is 12.1. The Morgan fingerprint density at radius 2 is 2.00 bits per heavy atom. The highest BCUT2D eigenvalue weighted by molar-refractivity contribution is 5.95. The maximum Gasteiger partial charge on any atom is 0.335 e. The number of ether oxygens (including phenoxy) is 1. The molecule has 0 radical (unpaired) electrons. The van der Waals surface area contributed by atoms with Gasteiger partial charge in [0.25, 0.3) is 5.91 Å². The molecule has 2 heterocycles. The van der Waals surface area contributed by atoms with Crippen molar-refractivity contribution >= 4 is 11.9 Å². The number of amides is 1. The van der Waals surface area contributed by atoms with Crippen LogP contribution in [0.2, 0.25) is 0 Å². The smallest absolute Gasteiger partial charge is 0.335 e. The van der Waals surface area contributed by atoms with Crippen molar-refractivity contribution in [3.05, 3.63) is 53.3 Å². The summed E-state index contributed by atoms with van der Waals surface area (Å²) in [5.74, 6) is -1.04. The number of aromatic nitrogens is 2. The summed E-state index contributed by atoms with van der Waals surface area (Å²) < 4.78 is 7.77. The van der Waals surface area contributed by atoms with Gasteiger partial charge in [0.2, 0.25) is 0 Å². The first kappa shape index (κ1) is 17.2. The zero-order valence-electron chi connectivity index (χ0n) is 14.0. The van der Waals surface area contributed by atoms with Gasteiger partial charge in [-0.05, 0) is 43.7 Å². The first-order valence-electron chi connectivity index (χ1n) is 8.35. The molecule has 3 rings (SSSR count). The molecule has 7 heteroatoms. The SMILES string of the molecule is CCn1nccc1[C@@H]1OCC[C@H]1CNC(=O)c1ccc(C(=O)O)cc1. The quantitative estimate of drug-likeness (QED) is 0.838. The lowest BCUT2D eigenvalue weighted by Crippen LogP contribution is -2.31. The molecule has 1 amide bonds. The molecule has 2 aromatic rings. The molecule has 0 spiro atoms. The number of aromatic carboxylic acids is 1. The fraction of sp³-hybridized carbons (Fsp3) is 0.389. The lowest BCUT2D eigenvalue weighted by atomic mass is 9.98. The average molecular weight is 343 g/mol. The van der Waals surface area contributed by atoms with E-state index in [0.29, 0.717) is 18.7 Å². The van der Waals surface area contributed by atoms with E-state index in [1.807, 2.05) is 17.7 Å². The second-order valence-electron chi connectivity index (χ2n) is 6.00. The van der Waals surface area contributed by atoms with Crippen LogP contribution in [0.5, 0.6) is 0 Å². The second kappa shape index (κ2) is 7.48. The van der Waals surface area contributed by atoms with Crippen LogP contribution in [0.3, 0.4) is 0 Å². The van der Waals surface area contributed by atoms with Gasteiger partial charge in [-0.2, -0.15) is 5.10 Å². The minimum atomic E-state index is -1.01. The summed E-state index contributed by atoms with van der Waals surface area (Å²) in [6.45, 7) is 3.96. The molecule has 25 heavy (non-hydrogen) atoms. The standard InChI is InChI=1S/C18H21N3O4/c1-2-21-15(7-9-20-21)16-14(8-10-25-16)11-19-17(22)12-3-5-13(6-4-12)18(23)24/h3-7,9,14,16H,2,8,10-11H2,1H3,(H,19,22)(H,23,24)/t14-,16+/m0/s1. The van der Waals surface area contributed by atoms with Gasteiger partial charge < -0.3 is 15.2 Å². The Kier molecular flexibility index (Phi) is 5.14. The third kappa shape index (κ3) is 3.71. The molecule has 0 bridgehead atoms. The predicted octanol–water partition coefficient (Wildman–Crippen LogP) is 2.11. The molecule has 0 saturated carbocycles. The Balaban J connectivity index is 1.62. The van der Waals surface area contributed by atoms with Gasteiger partial charge in [-0.1, -0.05) is 0 Å². The van der Waals surface area contributed by atoms with Crippen LogP contribution in [-0.2, 0) is 11.3 Å². The first-order valence-corrected chi connectivity index (χ1v) is 8.35. The fourth-order valence-electron chi connectivity index (χ4n) is 3.11. The normalized spacial score (nSPS) is 19.7. The van der Waals surface area contributed by atoms with Crippen molar-refractivity contribution in [3.8, 4) is 0 Å². The number of nitrogens with one attached hydrogen (secondary N) is 1. The number of hydrogen-bond donors (Lipinski definition) is 2. The van der Waals surface area contributed by atoms with Gasteiger partial charge in [-0.25, -0.2) is 4.79 Å². The summed E-state index contributed by atoms with van der Waals surface area (Å²) in [5.41, 5.74) is 1.64. The maximum absolute atomic E-state index is 12.3. The van der Waals surface area contributed by atoms with Crippen molar-refractivity contribution in [2.24, 2.45) is 5.92 Å². The van der Waals surface area contributed by atoms with E-state index in [1.54, 1.807) is 6.20 Å². The summed E-state index contributed by atoms with van der Waals surface area (Å²) in [6, 6.07) is 7.86. The number of carboxylic acids is 1. The number of aryl methyl sites for hydroxylation is 1. The monoisotopic (exact) mass is 343 g/mol. The van der Waals surface area contributed by atoms with Crippen molar-refractivity contribution in [2.75, 3.05) is 13.2 Å². The van der Waals surface area contributed by atoms with Crippen molar-refractivity contribution in [1.82, 2.24) is 15.1 Å². The molecule has 1 fully saturated rings. The van der Waals surface area contributed by atoms with Crippen LogP contribution >= 0.6 is 0 Å². The van der Waals surface area contributed by atoms with Crippen LogP contribution in [0, 0.1) is 5.92 Å². The third-order valence-electron chi connectivity index (χ3n) is 4.47. The molecule has 2 N–H and O–H groups in total. The van der Waals surface area contributed by atoms with Crippen molar-refractivity contribution in [1.29, 1.82) is 0 Å². The zero-order chi connectivity index (χ0) is 17.8. The van der Waals surface area contributed by atoms with Gasteiger partial charge in [0.05, 0.1) is 11.3 Å². The van der Waals surface area contributed by atoms with Gasteiger partial charge in [-0.15, -0.1) is 0 Å². The molecule has 1 aliphatic heterocycles. The van der Waals surface area contributed by atoms with E-state index in [4.69, 9.17) is 9.84 Å². The highest BCUT2D eigenvalue weighted by Gasteiger charge is 2.32. The molecule has 1 aromatic heterocycles. The van der Waals surface area contributed by atoms with E-state index in [1.165, 1.54) is 24.3 Å². The fourth-order valence-corrected chi connectivity index (χ4v) is 3.11. The number of carboxylic acid groups (broad SMARTS) is 1. The molecule has 0 aliphatic carbocycles. The molecule has 0 unspecified atom stereocenters. The zero-order valence-corrected chi connectivity index (χ0v) is 14.0. The van der Waals surface area contributed by atoms with E-state index in [-0.39, 0.29) is 23.5 Å². The molecule has 1 aliphatic rings. The minimum Gasteiger partial charge on any atom is -0.478 e. The van der Waals surface area contributed by atoms with Crippen molar-refractivity contribution in [2.45, 2.75) is 26.0 Å². The highest BCUT2D eigenvalue weighted by atomic mass is 16.5. The van der Waals surface area contributed by atoms with Crippen LogP contribution in [0.25, 0.3) is 0 Å². The van der Waals surface area contributed by atoms with Gasteiger partial charge in [0.1, 0.15) is 6.10 Å². The number of nitrogens with zero attached hydrogens (tertiary/aromatic N) is 2. The van der Waals surface area contributed by atoms with Gasteiger partial charge >= 0.3 is 5.97 Å². The van der Waals surface area contributed by atoms with Crippen LogP contribution in [-0.4, -0.2) is 39.9 Å². The Hall–Kier alpha value is -2.67. The molecular formula is C18H21N3O4. The van der Waals surface area contributed by atoms with E-state index in [2.05, 4.69) is 10.4 Å². The summed E-state index contributed by atoms with van der Waals surface area (Å²) in [6.07, 6.45) is 2.56. The van der Waals surface area contributed by atoms with Crippen molar-refractivity contribution in [3.63, 3.8) is 0 Å². The third-order valence-corrected chi connectivity index (χ3v) is 4.47. The van der Waals surface area contributed by atoms with Crippen LogP contribution < -0.4 is 5.32 Å². The molecular weight excluding hydrogens is 322 g/mol. The lowest BCUT2D eigenvalue weighted by molar-refractivity contribution is 0.0695. The molecule has 132 valence electrons. The maximum atomic E-state index is 12.3. The Morgan fingerprint density at radius 1 is 1.28 bits per heavy atom. The summed E-state index contributed by atoms with van der Waals surface area (Å²) >= 11 is 0.